The van der Waals surface area contributed by atoms with Gasteiger partial charge in [-0.1, -0.05) is 43.8 Å². The molecule has 0 aliphatic rings. The summed E-state index contributed by atoms with van der Waals surface area (Å²) >= 11 is 3.63. The van der Waals surface area contributed by atoms with Gasteiger partial charge in [0.2, 0.25) is 5.91 Å². The van der Waals surface area contributed by atoms with Crippen molar-refractivity contribution in [2.24, 2.45) is 0 Å². The number of carbonyl (C=O) groups is 1. The first-order chi connectivity index (χ1) is 15.8. The number of nitrogens with zero attached hydrogens (tertiary/aromatic N) is 3. The molecule has 174 valence electrons. The lowest BCUT2D eigenvalue weighted by Crippen LogP contribution is -2.16. The lowest BCUT2D eigenvalue weighted by atomic mass is 10.0. The van der Waals surface area contributed by atoms with Gasteiger partial charge in [0, 0.05) is 15.8 Å². The molecule has 6 nitrogen and oxygen atoms in total. The first kappa shape index (κ1) is 25.3. The zero-order valence-corrected chi connectivity index (χ0v) is 22.4. The Hall–Kier alpha value is -2.33. The summed E-state index contributed by atoms with van der Waals surface area (Å²) in [5.41, 5.74) is 4.23. The van der Waals surface area contributed by atoms with Crippen LogP contribution in [0.5, 0.6) is 5.75 Å². The summed E-state index contributed by atoms with van der Waals surface area (Å²) in [6.07, 6.45) is 1.78. The van der Waals surface area contributed by atoms with Crippen molar-refractivity contribution in [2.45, 2.75) is 51.9 Å². The Balaban J connectivity index is 1.63. The van der Waals surface area contributed by atoms with Crippen molar-refractivity contribution >= 4 is 45.9 Å². The summed E-state index contributed by atoms with van der Waals surface area (Å²) in [6, 6.07) is 12.2. The van der Waals surface area contributed by atoms with Crippen LogP contribution in [0.1, 0.15) is 42.3 Å². The van der Waals surface area contributed by atoms with E-state index >= 15 is 0 Å². The van der Waals surface area contributed by atoms with Gasteiger partial charge in [-0.2, -0.15) is 0 Å². The molecule has 1 aromatic heterocycles. The maximum absolute atomic E-state index is 12.6. The number of thioether (sulfide) groups is 1. The fraction of sp³-hybridized carbons (Fsp3) is 0.320. The highest BCUT2D eigenvalue weighted by atomic mass is 127. The second-order valence-corrected chi connectivity index (χ2v) is 10.3. The number of nitrogens with one attached hydrogen (secondary N) is 1. The van der Waals surface area contributed by atoms with Crippen LogP contribution in [-0.2, 0) is 17.9 Å². The van der Waals surface area contributed by atoms with Crippen LogP contribution in [0.25, 0.3) is 0 Å². The number of ether oxygens (including phenoxy) is 1. The molecular formula is C25H29IN4O2S. The van der Waals surface area contributed by atoms with Crippen molar-refractivity contribution in [3.63, 3.8) is 0 Å². The molecule has 0 atom stereocenters. The van der Waals surface area contributed by atoms with Crippen LogP contribution in [0, 0.1) is 17.4 Å². The molecule has 3 rings (SSSR count). The average Bonchev–Trinajstić information content (AvgIpc) is 3.15. The monoisotopic (exact) mass is 576 g/mol. The number of aryl methyl sites for hydroxylation is 2. The number of halogens is 1. The van der Waals surface area contributed by atoms with E-state index in [9.17, 15) is 4.79 Å². The molecule has 0 aliphatic carbocycles. The number of hydrogen-bond donors (Lipinski definition) is 1. The fourth-order valence-electron chi connectivity index (χ4n) is 3.36. The van der Waals surface area contributed by atoms with Gasteiger partial charge in [0.25, 0.3) is 0 Å². The largest absolute Gasteiger partial charge is 0.486 e. The zero-order chi connectivity index (χ0) is 24.0. The number of benzene rings is 2. The second kappa shape index (κ2) is 11.7. The van der Waals surface area contributed by atoms with E-state index in [2.05, 4.69) is 82.8 Å². The van der Waals surface area contributed by atoms with Crippen molar-refractivity contribution in [1.82, 2.24) is 14.8 Å². The standard InChI is InChI=1S/C25H29IN4O2S/c1-6-11-30-22(14-32-21-9-7-19(8-10-21)16(2)3)28-29-25(30)33-15-23(31)27-24-17(4)12-20(26)13-18(24)5/h6-10,12-13,16H,1,11,14-15H2,2-5H3,(H,27,31). The molecule has 1 heterocycles. The van der Waals surface area contributed by atoms with Crippen molar-refractivity contribution in [3.05, 3.63) is 75.1 Å². The van der Waals surface area contributed by atoms with E-state index < -0.39 is 0 Å². The lowest BCUT2D eigenvalue weighted by molar-refractivity contribution is -0.113. The first-order valence-corrected chi connectivity index (χ1v) is 12.8. The highest BCUT2D eigenvalue weighted by Gasteiger charge is 2.15. The molecule has 0 bridgehead atoms. The van der Waals surface area contributed by atoms with E-state index in [1.165, 1.54) is 17.3 Å². The molecule has 0 radical (unpaired) electrons. The van der Waals surface area contributed by atoms with Crippen LogP contribution in [0.4, 0.5) is 5.69 Å². The summed E-state index contributed by atoms with van der Waals surface area (Å²) in [4.78, 5) is 12.6. The van der Waals surface area contributed by atoms with Crippen LogP contribution in [0.2, 0.25) is 0 Å². The van der Waals surface area contributed by atoms with E-state index in [0.717, 1.165) is 26.1 Å². The minimum atomic E-state index is -0.0800. The average molecular weight is 577 g/mol. The maximum Gasteiger partial charge on any atom is 0.234 e. The predicted octanol–water partition coefficient (Wildman–Crippen LogP) is 6.12. The quantitative estimate of drug-likeness (QED) is 0.179. The third-order valence-corrected chi connectivity index (χ3v) is 6.70. The summed E-state index contributed by atoms with van der Waals surface area (Å²) in [5, 5.41) is 12.2. The Labute approximate surface area is 213 Å². The molecule has 0 unspecified atom stereocenters. The molecule has 2 aromatic carbocycles. The van der Waals surface area contributed by atoms with Crippen LogP contribution in [0.3, 0.4) is 0 Å². The number of allylic oxidation sites excluding steroid dienone is 1. The minimum absolute atomic E-state index is 0.0800. The number of carbonyl (C=O) groups excluding carboxylic acids is 1. The van der Waals surface area contributed by atoms with E-state index in [1.54, 1.807) is 6.08 Å². The van der Waals surface area contributed by atoms with Gasteiger partial charge < -0.3 is 10.1 Å². The Bertz CT molecular complexity index is 1100. The van der Waals surface area contributed by atoms with Gasteiger partial charge in [0.05, 0.1) is 5.75 Å². The SMILES string of the molecule is C=CCn1c(COc2ccc(C(C)C)cc2)nnc1SCC(=O)Nc1c(C)cc(I)cc1C. The van der Waals surface area contributed by atoms with E-state index in [-0.39, 0.29) is 18.3 Å². The van der Waals surface area contributed by atoms with Gasteiger partial charge in [-0.05, 0) is 83.3 Å². The van der Waals surface area contributed by atoms with Gasteiger partial charge in [-0.25, -0.2) is 0 Å². The Kier molecular flexibility index (Phi) is 8.96. The zero-order valence-electron chi connectivity index (χ0n) is 19.4. The Morgan fingerprint density at radius 3 is 2.48 bits per heavy atom. The molecule has 1 amide bonds. The number of hydrogen-bond acceptors (Lipinski definition) is 5. The fourth-order valence-corrected chi connectivity index (χ4v) is 5.06. The third-order valence-electron chi connectivity index (χ3n) is 5.11. The molecule has 0 spiro atoms. The van der Waals surface area contributed by atoms with Crippen LogP contribution >= 0.6 is 34.4 Å². The summed E-state index contributed by atoms with van der Waals surface area (Å²) in [5.74, 6) is 2.10. The van der Waals surface area contributed by atoms with Crippen LogP contribution in [0.15, 0.2) is 54.2 Å². The van der Waals surface area contributed by atoms with Crippen molar-refractivity contribution < 1.29 is 9.53 Å². The maximum atomic E-state index is 12.6. The normalized spacial score (nSPS) is 11.0. The van der Waals surface area contributed by atoms with Gasteiger partial charge >= 0.3 is 0 Å². The molecule has 33 heavy (non-hydrogen) atoms. The smallest absolute Gasteiger partial charge is 0.234 e. The predicted molar refractivity (Wildman–Crippen MR) is 143 cm³/mol. The number of aromatic nitrogens is 3. The number of amides is 1. The van der Waals surface area contributed by atoms with E-state index in [0.29, 0.717) is 23.4 Å². The number of rotatable bonds is 10. The molecular weight excluding hydrogens is 547 g/mol. The Morgan fingerprint density at radius 2 is 1.88 bits per heavy atom. The second-order valence-electron chi connectivity index (χ2n) is 8.06. The van der Waals surface area contributed by atoms with Gasteiger partial charge in [0.1, 0.15) is 12.4 Å². The molecule has 0 saturated heterocycles. The number of anilines is 1. The van der Waals surface area contributed by atoms with E-state index in [1.807, 2.05) is 30.5 Å². The lowest BCUT2D eigenvalue weighted by Gasteiger charge is -2.13. The highest BCUT2D eigenvalue weighted by Crippen LogP contribution is 2.25. The van der Waals surface area contributed by atoms with Crippen molar-refractivity contribution in [1.29, 1.82) is 0 Å². The van der Waals surface area contributed by atoms with Gasteiger partial charge in [-0.3, -0.25) is 9.36 Å². The Morgan fingerprint density at radius 1 is 1.21 bits per heavy atom. The van der Waals surface area contributed by atoms with Gasteiger partial charge in [0.15, 0.2) is 11.0 Å². The molecule has 3 aromatic rings. The van der Waals surface area contributed by atoms with Gasteiger partial charge in [-0.15, -0.1) is 16.8 Å². The minimum Gasteiger partial charge on any atom is -0.486 e. The first-order valence-electron chi connectivity index (χ1n) is 10.7. The van der Waals surface area contributed by atoms with Crippen molar-refractivity contribution in [2.75, 3.05) is 11.1 Å². The topological polar surface area (TPSA) is 69.0 Å². The van der Waals surface area contributed by atoms with E-state index in [4.69, 9.17) is 4.74 Å². The third kappa shape index (κ3) is 6.83. The molecule has 0 fully saturated rings. The summed E-state index contributed by atoms with van der Waals surface area (Å²) in [6.45, 7) is 13.0. The molecule has 1 N–H and O–H groups in total. The van der Waals surface area contributed by atoms with Crippen LogP contribution < -0.4 is 10.1 Å². The highest BCUT2D eigenvalue weighted by molar-refractivity contribution is 14.1. The molecule has 0 saturated carbocycles. The summed E-state index contributed by atoms with van der Waals surface area (Å²) in [7, 11) is 0. The molecule has 0 aliphatic heterocycles. The van der Waals surface area contributed by atoms with Crippen LogP contribution in [-0.4, -0.2) is 26.4 Å². The van der Waals surface area contributed by atoms with Crippen molar-refractivity contribution in [3.8, 4) is 5.75 Å². The summed E-state index contributed by atoms with van der Waals surface area (Å²) < 4.78 is 9.00. The molecule has 8 heteroatoms.